The standard InChI is InChI=1S/C29H28Cl3N7O2/c1-17-27(32)18(2)39(35-17)14-19-3-5-20(6-4-19)28(41)38-10-7-24(29(38)8-9-29)25-15-37(36-34-25)16-26(40)33-23-12-21(30)11-22(31)13-23/h3-6,11-13,15,24H,7-10,14,16H2,1-2H3,(H,33,40). The molecule has 6 rings (SSSR count). The Labute approximate surface area is 252 Å². The van der Waals surface area contributed by atoms with Crippen LogP contribution in [-0.4, -0.2) is 53.6 Å². The fourth-order valence-corrected chi connectivity index (χ4v) is 6.51. The Balaban J connectivity index is 1.10. The van der Waals surface area contributed by atoms with E-state index in [2.05, 4.69) is 20.7 Å². The summed E-state index contributed by atoms with van der Waals surface area (Å²) in [5.74, 6) is -0.170. The Morgan fingerprint density at radius 2 is 1.76 bits per heavy atom. The molecule has 2 aromatic heterocycles. The summed E-state index contributed by atoms with van der Waals surface area (Å²) in [5, 5.41) is 17.4. The van der Waals surface area contributed by atoms with Gasteiger partial charge in [-0.3, -0.25) is 14.3 Å². The maximum absolute atomic E-state index is 13.6. The zero-order chi connectivity index (χ0) is 28.9. The van der Waals surface area contributed by atoms with Gasteiger partial charge < -0.3 is 10.2 Å². The fourth-order valence-electron chi connectivity index (χ4n) is 5.85. The van der Waals surface area contributed by atoms with E-state index in [0.717, 1.165) is 41.9 Å². The highest BCUT2D eigenvalue weighted by Gasteiger charge is 2.60. The van der Waals surface area contributed by atoms with Gasteiger partial charge in [-0.2, -0.15) is 5.10 Å². The Morgan fingerprint density at radius 1 is 1.05 bits per heavy atom. The first-order valence-electron chi connectivity index (χ1n) is 13.4. The number of aromatic nitrogens is 5. The molecule has 2 aliphatic rings. The van der Waals surface area contributed by atoms with E-state index in [1.165, 1.54) is 4.68 Å². The van der Waals surface area contributed by atoms with Gasteiger partial charge >= 0.3 is 0 Å². The van der Waals surface area contributed by atoms with Crippen molar-refractivity contribution in [1.29, 1.82) is 0 Å². The molecule has 1 saturated heterocycles. The number of carbonyl (C=O) groups is 2. The lowest BCUT2D eigenvalue weighted by molar-refractivity contribution is -0.116. The van der Waals surface area contributed by atoms with Crippen molar-refractivity contribution in [2.45, 2.75) is 57.7 Å². The molecule has 4 aromatic rings. The van der Waals surface area contributed by atoms with Crippen LogP contribution in [-0.2, 0) is 17.9 Å². The van der Waals surface area contributed by atoms with Gasteiger partial charge in [0.15, 0.2) is 0 Å². The second-order valence-electron chi connectivity index (χ2n) is 10.8. The normalized spacial score (nSPS) is 17.3. The second-order valence-corrected chi connectivity index (χ2v) is 12.0. The predicted molar refractivity (Wildman–Crippen MR) is 158 cm³/mol. The van der Waals surface area contributed by atoms with Crippen molar-refractivity contribution in [3.05, 3.63) is 91.9 Å². The van der Waals surface area contributed by atoms with Gasteiger partial charge in [-0.05, 0) is 69.0 Å². The molecule has 1 unspecified atom stereocenters. The number of anilines is 1. The molecule has 2 fully saturated rings. The first kappa shape index (κ1) is 27.8. The number of aryl methyl sites for hydroxylation is 1. The van der Waals surface area contributed by atoms with E-state index >= 15 is 0 Å². The van der Waals surface area contributed by atoms with Gasteiger partial charge in [-0.25, -0.2) is 4.68 Å². The van der Waals surface area contributed by atoms with Gasteiger partial charge in [0.05, 0.1) is 34.2 Å². The monoisotopic (exact) mass is 611 g/mol. The van der Waals surface area contributed by atoms with Crippen molar-refractivity contribution in [3.63, 3.8) is 0 Å². The number of nitrogens with zero attached hydrogens (tertiary/aromatic N) is 6. The van der Waals surface area contributed by atoms with Crippen molar-refractivity contribution in [1.82, 2.24) is 29.7 Å². The number of rotatable bonds is 7. The van der Waals surface area contributed by atoms with E-state index in [1.54, 1.807) is 18.2 Å². The molecule has 1 N–H and O–H groups in total. The highest BCUT2D eigenvalue weighted by Crippen LogP contribution is 2.57. The average molecular weight is 613 g/mol. The molecule has 212 valence electrons. The zero-order valence-corrected chi connectivity index (χ0v) is 24.8. The first-order valence-corrected chi connectivity index (χ1v) is 14.5. The third-order valence-electron chi connectivity index (χ3n) is 8.03. The number of halogens is 3. The lowest BCUT2D eigenvalue weighted by Gasteiger charge is -2.27. The molecule has 1 aliphatic heterocycles. The maximum Gasteiger partial charge on any atom is 0.254 e. The minimum absolute atomic E-state index is 0.00429. The summed E-state index contributed by atoms with van der Waals surface area (Å²) in [6, 6.07) is 12.6. The minimum Gasteiger partial charge on any atom is -0.332 e. The van der Waals surface area contributed by atoms with E-state index in [9.17, 15) is 9.59 Å². The van der Waals surface area contributed by atoms with Gasteiger partial charge in [0.1, 0.15) is 6.54 Å². The van der Waals surface area contributed by atoms with E-state index in [1.807, 2.05) is 53.9 Å². The highest BCUT2D eigenvalue weighted by molar-refractivity contribution is 6.35. The first-order chi connectivity index (χ1) is 19.6. The Morgan fingerprint density at radius 3 is 2.39 bits per heavy atom. The molecule has 1 atom stereocenters. The van der Waals surface area contributed by atoms with Crippen molar-refractivity contribution in [2.75, 3.05) is 11.9 Å². The van der Waals surface area contributed by atoms with Crippen LogP contribution < -0.4 is 5.32 Å². The van der Waals surface area contributed by atoms with Gasteiger partial charge in [0.2, 0.25) is 5.91 Å². The van der Waals surface area contributed by atoms with Gasteiger partial charge in [-0.15, -0.1) is 5.10 Å². The number of nitrogens with one attached hydrogen (secondary N) is 1. The maximum atomic E-state index is 13.6. The summed E-state index contributed by atoms with van der Waals surface area (Å²) in [6.07, 6.45) is 4.45. The summed E-state index contributed by atoms with van der Waals surface area (Å²) < 4.78 is 3.40. The van der Waals surface area contributed by atoms with E-state index in [-0.39, 0.29) is 29.8 Å². The lowest BCUT2D eigenvalue weighted by Crippen LogP contribution is -2.39. The fraction of sp³-hybridized carbons (Fsp3) is 0.345. The summed E-state index contributed by atoms with van der Waals surface area (Å²) in [5.41, 5.74) is 4.50. The third-order valence-corrected chi connectivity index (χ3v) is 9.01. The Bertz CT molecular complexity index is 1620. The number of amides is 2. The number of hydrogen-bond donors (Lipinski definition) is 1. The number of hydrogen-bond acceptors (Lipinski definition) is 5. The van der Waals surface area contributed by atoms with Crippen molar-refractivity contribution < 1.29 is 9.59 Å². The number of carbonyl (C=O) groups excluding carboxylic acids is 2. The van der Waals surface area contributed by atoms with Gasteiger partial charge in [-0.1, -0.05) is 52.1 Å². The van der Waals surface area contributed by atoms with Crippen LogP contribution >= 0.6 is 34.8 Å². The van der Waals surface area contributed by atoms with Crippen LogP contribution in [0.15, 0.2) is 48.7 Å². The van der Waals surface area contributed by atoms with Crippen LogP contribution in [0.3, 0.4) is 0 Å². The molecule has 0 bridgehead atoms. The third kappa shape index (κ3) is 5.46. The molecule has 2 amide bonds. The summed E-state index contributed by atoms with van der Waals surface area (Å²) >= 11 is 18.3. The quantitative estimate of drug-likeness (QED) is 0.280. The molecule has 1 aliphatic carbocycles. The van der Waals surface area contributed by atoms with Crippen LogP contribution in [0.4, 0.5) is 5.69 Å². The average Bonchev–Trinajstić information content (AvgIpc) is 3.33. The second kappa shape index (κ2) is 10.8. The van der Waals surface area contributed by atoms with Crippen LogP contribution in [0.2, 0.25) is 15.1 Å². The Kier molecular flexibility index (Phi) is 7.30. The van der Waals surface area contributed by atoms with Crippen LogP contribution in [0.5, 0.6) is 0 Å². The van der Waals surface area contributed by atoms with E-state index in [4.69, 9.17) is 34.8 Å². The minimum atomic E-state index is -0.270. The summed E-state index contributed by atoms with van der Waals surface area (Å²) in [6.45, 7) is 5.07. The van der Waals surface area contributed by atoms with Crippen molar-refractivity contribution in [2.24, 2.45) is 0 Å². The van der Waals surface area contributed by atoms with Crippen LogP contribution in [0.1, 0.15) is 58.2 Å². The number of likely N-dealkylation sites (tertiary alicyclic amines) is 1. The molecule has 0 radical (unpaired) electrons. The van der Waals surface area contributed by atoms with Crippen molar-refractivity contribution >= 4 is 52.3 Å². The predicted octanol–water partition coefficient (Wildman–Crippen LogP) is 5.90. The Hall–Kier alpha value is -3.40. The van der Waals surface area contributed by atoms with Crippen LogP contribution in [0, 0.1) is 13.8 Å². The molecule has 3 heterocycles. The molecular weight excluding hydrogens is 585 g/mol. The van der Waals surface area contributed by atoms with Gasteiger partial charge in [0, 0.05) is 40.0 Å². The molecule has 2 aromatic carbocycles. The van der Waals surface area contributed by atoms with Crippen LogP contribution in [0.25, 0.3) is 0 Å². The zero-order valence-electron chi connectivity index (χ0n) is 22.6. The molecule has 1 saturated carbocycles. The smallest absolute Gasteiger partial charge is 0.254 e. The molecule has 9 nitrogen and oxygen atoms in total. The number of benzene rings is 2. The lowest BCUT2D eigenvalue weighted by atomic mass is 9.94. The molecule has 12 heteroatoms. The molecular formula is C29H28Cl3N7O2. The van der Waals surface area contributed by atoms with Crippen molar-refractivity contribution in [3.8, 4) is 0 Å². The highest BCUT2D eigenvalue weighted by atomic mass is 35.5. The van der Waals surface area contributed by atoms with E-state index in [0.29, 0.717) is 39.4 Å². The summed E-state index contributed by atoms with van der Waals surface area (Å²) in [7, 11) is 0. The van der Waals surface area contributed by atoms with Gasteiger partial charge in [0.25, 0.3) is 5.91 Å². The topological polar surface area (TPSA) is 97.9 Å². The SMILES string of the molecule is Cc1nn(Cc2ccc(C(=O)N3CCC(c4cn(CC(=O)Nc5cc(Cl)cc(Cl)c5)nn4)C34CC4)cc2)c(C)c1Cl. The van der Waals surface area contributed by atoms with E-state index < -0.39 is 0 Å². The molecule has 41 heavy (non-hydrogen) atoms. The molecule has 1 spiro atoms. The summed E-state index contributed by atoms with van der Waals surface area (Å²) in [4.78, 5) is 28.2. The largest absolute Gasteiger partial charge is 0.332 e.